The van der Waals surface area contributed by atoms with Gasteiger partial charge in [-0.1, -0.05) is 36.4 Å². The number of aliphatic hydroxyl groups is 1. The molecule has 5 nitrogen and oxygen atoms in total. The molecule has 3 aromatic rings. The van der Waals surface area contributed by atoms with Crippen LogP contribution in [-0.4, -0.2) is 30.1 Å². The van der Waals surface area contributed by atoms with E-state index in [0.29, 0.717) is 28.2 Å². The molecule has 1 aliphatic rings. The first kappa shape index (κ1) is 20.5. The Morgan fingerprint density at radius 2 is 1.61 bits per heavy atom. The molecule has 6 heteroatoms. The van der Waals surface area contributed by atoms with Crippen LogP contribution >= 0.6 is 0 Å². The number of aliphatic hydroxyl groups excluding tert-OH is 1. The highest BCUT2D eigenvalue weighted by Crippen LogP contribution is 2.44. The second kappa shape index (κ2) is 8.52. The summed E-state index contributed by atoms with van der Waals surface area (Å²) in [6.07, 6.45) is 0. The van der Waals surface area contributed by atoms with Crippen molar-refractivity contribution in [2.45, 2.75) is 12.6 Å². The maximum atomic E-state index is 13.6. The van der Waals surface area contributed by atoms with Crippen molar-refractivity contribution in [3.63, 3.8) is 0 Å². The number of carbonyl (C=O) groups excluding carboxylic acids is 1. The van der Waals surface area contributed by atoms with Crippen LogP contribution in [0.1, 0.15) is 22.7 Å². The number of carbonyl (C=O) groups is 1. The van der Waals surface area contributed by atoms with E-state index in [9.17, 15) is 14.3 Å². The number of methoxy groups -OCH3 is 2. The van der Waals surface area contributed by atoms with Gasteiger partial charge in [-0.05, 0) is 53.1 Å². The summed E-state index contributed by atoms with van der Waals surface area (Å²) in [5, 5.41) is 10.8. The van der Waals surface area contributed by atoms with Crippen LogP contribution in [0.15, 0.2) is 78.6 Å². The number of rotatable bonds is 6. The molecule has 0 radical (unpaired) electrons. The molecule has 0 aliphatic carbocycles. The van der Waals surface area contributed by atoms with Crippen molar-refractivity contribution < 1.29 is 23.8 Å². The third kappa shape index (κ3) is 3.97. The Labute approximate surface area is 180 Å². The fraction of sp³-hybridized carbons (Fsp3) is 0.160. The summed E-state index contributed by atoms with van der Waals surface area (Å²) in [7, 11) is 3.15. The summed E-state index contributed by atoms with van der Waals surface area (Å²) in [4.78, 5) is 14.7. The number of hydrogen-bond donors (Lipinski definition) is 1. The van der Waals surface area contributed by atoms with Crippen molar-refractivity contribution in [3.05, 3.63) is 101 Å². The Bertz CT molecular complexity index is 1120. The molecule has 0 unspecified atom stereocenters. The summed E-state index contributed by atoms with van der Waals surface area (Å²) in [6, 6.07) is 19.9. The molecule has 1 aliphatic heterocycles. The van der Waals surface area contributed by atoms with Crippen molar-refractivity contribution in [2.24, 2.45) is 0 Å². The van der Waals surface area contributed by atoms with Gasteiger partial charge in [0.1, 0.15) is 17.3 Å². The summed E-state index contributed by atoms with van der Waals surface area (Å²) >= 11 is 0. The van der Waals surface area contributed by atoms with E-state index in [1.54, 1.807) is 55.5 Å². The molecule has 1 atom stereocenters. The van der Waals surface area contributed by atoms with Gasteiger partial charge in [0.25, 0.3) is 5.91 Å². The molecule has 0 aromatic heterocycles. The van der Waals surface area contributed by atoms with Gasteiger partial charge in [-0.15, -0.1) is 0 Å². The highest BCUT2D eigenvalue weighted by atomic mass is 19.1. The molecule has 0 saturated heterocycles. The minimum absolute atomic E-state index is 0.252. The lowest BCUT2D eigenvalue weighted by molar-refractivity contribution is -0.130. The van der Waals surface area contributed by atoms with Gasteiger partial charge in [0, 0.05) is 12.1 Å². The average Bonchev–Trinajstić information content (AvgIpc) is 3.05. The molecular weight excluding hydrogens is 397 g/mol. The van der Waals surface area contributed by atoms with Crippen LogP contribution in [0.5, 0.6) is 11.5 Å². The largest absolute Gasteiger partial charge is 0.503 e. The summed E-state index contributed by atoms with van der Waals surface area (Å²) in [6.45, 7) is 0.252. The van der Waals surface area contributed by atoms with Gasteiger partial charge < -0.3 is 19.5 Å². The van der Waals surface area contributed by atoms with Crippen molar-refractivity contribution in [3.8, 4) is 11.5 Å². The minimum atomic E-state index is -0.576. The van der Waals surface area contributed by atoms with E-state index in [-0.39, 0.29) is 18.1 Å². The van der Waals surface area contributed by atoms with Gasteiger partial charge >= 0.3 is 0 Å². The van der Waals surface area contributed by atoms with Crippen molar-refractivity contribution in [2.75, 3.05) is 14.2 Å². The smallest absolute Gasteiger partial charge is 0.290 e. The first-order valence-corrected chi connectivity index (χ1v) is 9.78. The van der Waals surface area contributed by atoms with E-state index in [0.717, 1.165) is 5.56 Å². The van der Waals surface area contributed by atoms with Gasteiger partial charge in [-0.25, -0.2) is 4.39 Å². The molecule has 31 heavy (non-hydrogen) atoms. The number of halogens is 1. The third-order valence-corrected chi connectivity index (χ3v) is 5.38. The van der Waals surface area contributed by atoms with E-state index in [1.165, 1.54) is 12.1 Å². The lowest BCUT2D eigenvalue weighted by Crippen LogP contribution is -2.29. The Hall–Kier alpha value is -3.80. The Balaban J connectivity index is 1.78. The fourth-order valence-corrected chi connectivity index (χ4v) is 3.84. The fourth-order valence-electron chi connectivity index (χ4n) is 3.84. The van der Waals surface area contributed by atoms with E-state index >= 15 is 0 Å². The van der Waals surface area contributed by atoms with Gasteiger partial charge in [-0.3, -0.25) is 4.79 Å². The Morgan fingerprint density at radius 3 is 2.26 bits per heavy atom. The topological polar surface area (TPSA) is 59.0 Å². The van der Waals surface area contributed by atoms with E-state index in [4.69, 9.17) is 9.47 Å². The third-order valence-electron chi connectivity index (χ3n) is 5.38. The highest BCUT2D eigenvalue weighted by molar-refractivity contribution is 6.05. The van der Waals surface area contributed by atoms with Gasteiger partial charge in [0.2, 0.25) is 0 Å². The Morgan fingerprint density at radius 1 is 0.935 bits per heavy atom. The number of ether oxygens (including phenoxy) is 2. The first-order valence-electron chi connectivity index (χ1n) is 9.78. The lowest BCUT2D eigenvalue weighted by Gasteiger charge is -2.27. The number of nitrogens with zero attached hydrogens (tertiary/aromatic N) is 1. The molecule has 0 bridgehead atoms. The van der Waals surface area contributed by atoms with Gasteiger partial charge in [-0.2, -0.15) is 0 Å². The monoisotopic (exact) mass is 419 g/mol. The van der Waals surface area contributed by atoms with Crippen LogP contribution in [-0.2, 0) is 11.3 Å². The molecule has 1 amide bonds. The zero-order valence-electron chi connectivity index (χ0n) is 17.2. The predicted molar refractivity (Wildman–Crippen MR) is 115 cm³/mol. The molecule has 4 rings (SSSR count). The molecule has 1 heterocycles. The molecular formula is C25H22FNO4. The quantitative estimate of drug-likeness (QED) is 0.618. The minimum Gasteiger partial charge on any atom is -0.503 e. The van der Waals surface area contributed by atoms with Crippen LogP contribution < -0.4 is 9.47 Å². The molecule has 0 fully saturated rings. The van der Waals surface area contributed by atoms with Gasteiger partial charge in [0.15, 0.2) is 5.76 Å². The van der Waals surface area contributed by atoms with E-state index < -0.39 is 11.9 Å². The summed E-state index contributed by atoms with van der Waals surface area (Å²) in [5.41, 5.74) is 2.72. The van der Waals surface area contributed by atoms with E-state index in [2.05, 4.69) is 0 Å². The van der Waals surface area contributed by atoms with Crippen LogP contribution in [0, 0.1) is 5.82 Å². The van der Waals surface area contributed by atoms with Crippen LogP contribution in [0.25, 0.3) is 5.57 Å². The zero-order chi connectivity index (χ0) is 22.0. The van der Waals surface area contributed by atoms with Crippen molar-refractivity contribution >= 4 is 11.5 Å². The summed E-state index contributed by atoms with van der Waals surface area (Å²) in [5.74, 6) is 0.173. The Kier molecular flexibility index (Phi) is 5.62. The average molecular weight is 419 g/mol. The van der Waals surface area contributed by atoms with Gasteiger partial charge in [0.05, 0.1) is 20.3 Å². The molecule has 1 N–H and O–H groups in total. The number of benzene rings is 3. The SMILES string of the molecule is COc1ccc(C2=C(O)C(=O)N(Cc3cccc(OC)c3)[C@@H]2c2ccc(F)cc2)cc1. The van der Waals surface area contributed by atoms with Crippen LogP contribution in [0.3, 0.4) is 0 Å². The number of amides is 1. The predicted octanol–water partition coefficient (Wildman–Crippen LogP) is 4.90. The zero-order valence-corrected chi connectivity index (χ0v) is 17.2. The second-order valence-corrected chi connectivity index (χ2v) is 7.23. The molecule has 0 spiro atoms. The first-order chi connectivity index (χ1) is 15.0. The molecule has 3 aromatic carbocycles. The lowest BCUT2D eigenvalue weighted by atomic mass is 9.93. The standard InChI is InChI=1S/C25H22FNO4/c1-30-20-12-8-17(9-13-20)22-23(18-6-10-19(26)11-7-18)27(25(29)24(22)28)15-16-4-3-5-21(14-16)31-2/h3-14,23,28H,15H2,1-2H3/t23-/m1/s1. The normalized spacial score (nSPS) is 16.0. The van der Waals surface area contributed by atoms with Crippen molar-refractivity contribution in [1.82, 2.24) is 4.90 Å². The second-order valence-electron chi connectivity index (χ2n) is 7.23. The number of hydrogen-bond acceptors (Lipinski definition) is 4. The van der Waals surface area contributed by atoms with Crippen LogP contribution in [0.2, 0.25) is 0 Å². The maximum Gasteiger partial charge on any atom is 0.290 e. The van der Waals surface area contributed by atoms with Crippen LogP contribution in [0.4, 0.5) is 4.39 Å². The maximum absolute atomic E-state index is 13.6. The van der Waals surface area contributed by atoms with Crippen molar-refractivity contribution in [1.29, 1.82) is 0 Å². The summed E-state index contributed by atoms with van der Waals surface area (Å²) < 4.78 is 24.1. The van der Waals surface area contributed by atoms with E-state index in [1.807, 2.05) is 24.3 Å². The highest BCUT2D eigenvalue weighted by Gasteiger charge is 2.41. The molecule has 158 valence electrons. The molecule has 0 saturated carbocycles.